The predicted molar refractivity (Wildman–Crippen MR) is 114 cm³/mol. The number of hydrogen-bond acceptors (Lipinski definition) is 5. The lowest BCUT2D eigenvalue weighted by Gasteiger charge is -2.14. The minimum atomic E-state index is 0.511. The number of ether oxygens (including phenoxy) is 3. The molecule has 4 rings (SSSR count). The van der Waals surface area contributed by atoms with Crippen LogP contribution in [0, 0.1) is 0 Å². The second-order valence-electron chi connectivity index (χ2n) is 6.21. The van der Waals surface area contributed by atoms with Gasteiger partial charge in [0.1, 0.15) is 5.52 Å². The van der Waals surface area contributed by atoms with Gasteiger partial charge in [-0.25, -0.2) is 4.68 Å². The van der Waals surface area contributed by atoms with Crippen LogP contribution in [-0.2, 0) is 0 Å². The molecule has 3 aromatic carbocycles. The first-order chi connectivity index (χ1) is 14.0. The lowest BCUT2D eigenvalue weighted by atomic mass is 10.0. The summed E-state index contributed by atoms with van der Waals surface area (Å²) < 4.78 is 18.0. The van der Waals surface area contributed by atoms with E-state index in [-0.39, 0.29) is 0 Å². The third-order valence-corrected chi connectivity index (χ3v) is 5.13. The van der Waals surface area contributed by atoms with Crippen molar-refractivity contribution in [3.8, 4) is 34.1 Å². The van der Waals surface area contributed by atoms with Gasteiger partial charge < -0.3 is 14.2 Å². The molecule has 6 nitrogen and oxygen atoms in total. The SMILES string of the molecule is COc1cc(-n2nnc3ccc(-c4ccc(Cl)cc4Cl)cc32)cc(OC)c1OC. The monoisotopic (exact) mass is 429 g/mol. The van der Waals surface area contributed by atoms with E-state index in [9.17, 15) is 0 Å². The van der Waals surface area contributed by atoms with Crippen LogP contribution < -0.4 is 14.2 Å². The van der Waals surface area contributed by atoms with Crippen LogP contribution in [-0.4, -0.2) is 36.3 Å². The molecule has 0 spiro atoms. The summed E-state index contributed by atoms with van der Waals surface area (Å²) in [6, 6.07) is 14.9. The molecule has 0 saturated heterocycles. The number of aromatic nitrogens is 3. The molecule has 29 heavy (non-hydrogen) atoms. The molecule has 0 aliphatic carbocycles. The van der Waals surface area contributed by atoms with Crippen molar-refractivity contribution >= 4 is 34.2 Å². The Kier molecular flexibility index (Phi) is 5.22. The molecule has 4 aromatic rings. The van der Waals surface area contributed by atoms with E-state index in [4.69, 9.17) is 37.4 Å². The minimum absolute atomic E-state index is 0.511. The Labute approximate surface area is 177 Å². The second kappa shape index (κ2) is 7.81. The van der Waals surface area contributed by atoms with Crippen molar-refractivity contribution in [1.29, 1.82) is 0 Å². The minimum Gasteiger partial charge on any atom is -0.493 e. The maximum Gasteiger partial charge on any atom is 0.203 e. The fraction of sp³-hybridized carbons (Fsp3) is 0.143. The zero-order valence-electron chi connectivity index (χ0n) is 15.9. The molecule has 0 atom stereocenters. The Morgan fingerprint density at radius 2 is 1.55 bits per heavy atom. The summed E-state index contributed by atoms with van der Waals surface area (Å²) in [5.41, 5.74) is 4.07. The van der Waals surface area contributed by atoms with Crippen molar-refractivity contribution in [2.24, 2.45) is 0 Å². The first-order valence-electron chi connectivity index (χ1n) is 8.67. The van der Waals surface area contributed by atoms with Crippen molar-refractivity contribution in [3.05, 3.63) is 58.6 Å². The second-order valence-corrected chi connectivity index (χ2v) is 7.06. The maximum absolute atomic E-state index is 6.39. The molecule has 1 heterocycles. The van der Waals surface area contributed by atoms with Crippen LogP contribution in [0.1, 0.15) is 0 Å². The number of hydrogen-bond donors (Lipinski definition) is 0. The average Bonchev–Trinajstić information content (AvgIpc) is 3.15. The van der Waals surface area contributed by atoms with E-state index >= 15 is 0 Å². The van der Waals surface area contributed by atoms with Crippen LogP contribution in [0.25, 0.3) is 27.8 Å². The summed E-state index contributed by atoms with van der Waals surface area (Å²) in [6.07, 6.45) is 0. The van der Waals surface area contributed by atoms with Crippen LogP contribution in [0.4, 0.5) is 0 Å². The average molecular weight is 430 g/mol. The molecule has 0 saturated carbocycles. The fourth-order valence-electron chi connectivity index (χ4n) is 3.19. The van der Waals surface area contributed by atoms with E-state index in [1.165, 1.54) is 0 Å². The fourth-order valence-corrected chi connectivity index (χ4v) is 3.71. The van der Waals surface area contributed by atoms with Crippen molar-refractivity contribution in [2.75, 3.05) is 21.3 Å². The van der Waals surface area contributed by atoms with Gasteiger partial charge in [-0.05, 0) is 29.8 Å². The van der Waals surface area contributed by atoms with E-state index in [0.717, 1.165) is 27.8 Å². The highest BCUT2D eigenvalue weighted by Gasteiger charge is 2.17. The number of methoxy groups -OCH3 is 3. The van der Waals surface area contributed by atoms with Crippen LogP contribution in [0.2, 0.25) is 10.0 Å². The molecule has 0 aliphatic rings. The van der Waals surface area contributed by atoms with Gasteiger partial charge in [-0.15, -0.1) is 5.10 Å². The lowest BCUT2D eigenvalue weighted by molar-refractivity contribution is 0.324. The molecule has 148 valence electrons. The molecule has 0 unspecified atom stereocenters. The van der Waals surface area contributed by atoms with E-state index in [1.54, 1.807) is 32.1 Å². The first-order valence-corrected chi connectivity index (χ1v) is 9.42. The quantitative estimate of drug-likeness (QED) is 0.423. The topological polar surface area (TPSA) is 58.4 Å². The summed E-state index contributed by atoms with van der Waals surface area (Å²) in [4.78, 5) is 0. The van der Waals surface area contributed by atoms with Gasteiger partial charge in [0.15, 0.2) is 11.5 Å². The summed E-state index contributed by atoms with van der Waals surface area (Å²) in [5, 5.41) is 9.73. The van der Waals surface area contributed by atoms with Crippen molar-refractivity contribution in [1.82, 2.24) is 15.0 Å². The van der Waals surface area contributed by atoms with E-state index in [2.05, 4.69) is 10.3 Å². The molecular formula is C21H17Cl2N3O3. The number of fused-ring (bicyclic) bond motifs is 1. The highest BCUT2D eigenvalue weighted by Crippen LogP contribution is 2.40. The van der Waals surface area contributed by atoms with Crippen LogP contribution in [0.5, 0.6) is 17.2 Å². The third-order valence-electron chi connectivity index (χ3n) is 4.58. The smallest absolute Gasteiger partial charge is 0.203 e. The zero-order chi connectivity index (χ0) is 20.5. The highest BCUT2D eigenvalue weighted by molar-refractivity contribution is 6.36. The van der Waals surface area contributed by atoms with Crippen LogP contribution in [0.3, 0.4) is 0 Å². The highest BCUT2D eigenvalue weighted by atomic mass is 35.5. The van der Waals surface area contributed by atoms with E-state index < -0.39 is 0 Å². The molecule has 0 amide bonds. The zero-order valence-corrected chi connectivity index (χ0v) is 17.5. The van der Waals surface area contributed by atoms with Gasteiger partial charge in [-0.1, -0.05) is 40.5 Å². The molecular weight excluding hydrogens is 413 g/mol. The molecule has 0 radical (unpaired) electrons. The molecule has 0 bridgehead atoms. The maximum atomic E-state index is 6.39. The summed E-state index contributed by atoms with van der Waals surface area (Å²) >= 11 is 12.4. The lowest BCUT2D eigenvalue weighted by Crippen LogP contribution is -2.01. The van der Waals surface area contributed by atoms with Crippen LogP contribution >= 0.6 is 23.2 Å². The Balaban J connectivity index is 1.89. The summed E-state index contributed by atoms with van der Waals surface area (Å²) in [7, 11) is 4.70. The third kappa shape index (κ3) is 3.45. The van der Waals surface area contributed by atoms with Gasteiger partial charge >= 0.3 is 0 Å². The standard InChI is InChI=1S/C21H17Cl2N3O3/c1-27-19-10-14(11-20(28-2)21(19)29-3)26-18-8-12(4-7-17(18)24-25-26)15-6-5-13(22)9-16(15)23/h4-11H,1-3H3. The van der Waals surface area contributed by atoms with Gasteiger partial charge in [0.25, 0.3) is 0 Å². The van der Waals surface area contributed by atoms with E-state index in [1.807, 2.05) is 42.5 Å². The molecule has 0 fully saturated rings. The normalized spacial score (nSPS) is 10.9. The molecule has 1 aromatic heterocycles. The number of nitrogens with zero attached hydrogens (tertiary/aromatic N) is 3. The van der Waals surface area contributed by atoms with Gasteiger partial charge in [-0.3, -0.25) is 0 Å². The van der Waals surface area contributed by atoms with Crippen molar-refractivity contribution < 1.29 is 14.2 Å². The Bertz CT molecular complexity index is 1180. The first kappa shape index (κ1) is 19.4. The Morgan fingerprint density at radius 3 is 2.17 bits per heavy atom. The van der Waals surface area contributed by atoms with E-state index in [0.29, 0.717) is 27.3 Å². The summed E-state index contributed by atoms with van der Waals surface area (Å²) in [5.74, 6) is 1.57. The Morgan fingerprint density at radius 1 is 0.828 bits per heavy atom. The number of halogens is 2. The van der Waals surface area contributed by atoms with Crippen molar-refractivity contribution in [2.45, 2.75) is 0 Å². The van der Waals surface area contributed by atoms with Crippen molar-refractivity contribution in [3.63, 3.8) is 0 Å². The van der Waals surface area contributed by atoms with Gasteiger partial charge in [-0.2, -0.15) is 0 Å². The van der Waals surface area contributed by atoms with Gasteiger partial charge in [0.2, 0.25) is 5.75 Å². The largest absolute Gasteiger partial charge is 0.493 e. The Hall–Kier alpha value is -2.96. The van der Waals surface area contributed by atoms with Gasteiger partial charge in [0, 0.05) is 27.7 Å². The molecule has 8 heteroatoms. The van der Waals surface area contributed by atoms with Gasteiger partial charge in [0.05, 0.1) is 32.5 Å². The summed E-state index contributed by atoms with van der Waals surface area (Å²) in [6.45, 7) is 0. The van der Waals surface area contributed by atoms with Crippen LogP contribution in [0.15, 0.2) is 48.5 Å². The predicted octanol–water partition coefficient (Wildman–Crippen LogP) is 5.42. The molecule has 0 aliphatic heterocycles. The number of benzene rings is 3. The molecule has 0 N–H and O–H groups in total. The number of rotatable bonds is 5.